The lowest BCUT2D eigenvalue weighted by Gasteiger charge is -2.24. The summed E-state index contributed by atoms with van der Waals surface area (Å²) in [4.78, 5) is 0.254. The minimum Gasteiger partial charge on any atom is -0.397 e. The molecule has 1 fully saturated rings. The molecule has 0 atom stereocenters. The van der Waals surface area contributed by atoms with Gasteiger partial charge in [0.25, 0.3) is 0 Å². The summed E-state index contributed by atoms with van der Waals surface area (Å²) in [6.45, 7) is 1.74. The number of hydrogen-bond acceptors (Lipinski definition) is 3. The Labute approximate surface area is 119 Å². The Balaban J connectivity index is 2.41. The molecule has 0 saturated heterocycles. The fraction of sp³-hybridized carbons (Fsp3) is 0.538. The number of hydrogen-bond donors (Lipinski definition) is 1. The Kier molecular flexibility index (Phi) is 4.08. The van der Waals surface area contributed by atoms with Crippen LogP contribution in [0.2, 0.25) is 5.02 Å². The number of nitrogens with zero attached hydrogens (tertiary/aromatic N) is 1. The Bertz CT molecular complexity index is 581. The second-order valence-corrected chi connectivity index (χ2v) is 7.47. The van der Waals surface area contributed by atoms with Gasteiger partial charge in [0.2, 0.25) is 10.0 Å². The van der Waals surface area contributed by atoms with Crippen LogP contribution in [0.1, 0.15) is 31.2 Å². The van der Waals surface area contributed by atoms with Gasteiger partial charge in [0.1, 0.15) is 0 Å². The number of anilines is 1. The first-order chi connectivity index (χ1) is 8.84. The molecular weight excluding hydrogens is 284 g/mol. The van der Waals surface area contributed by atoms with Crippen molar-refractivity contribution in [1.82, 2.24) is 4.31 Å². The normalized spacial score (nSPS) is 17.3. The molecule has 1 aliphatic rings. The quantitative estimate of drug-likeness (QED) is 0.873. The van der Waals surface area contributed by atoms with E-state index < -0.39 is 10.0 Å². The Morgan fingerprint density at radius 2 is 1.89 bits per heavy atom. The lowest BCUT2D eigenvalue weighted by Crippen LogP contribution is -2.35. The van der Waals surface area contributed by atoms with Crippen LogP contribution in [0.4, 0.5) is 5.69 Å². The summed E-state index contributed by atoms with van der Waals surface area (Å²) in [6, 6.07) is 3.16. The second kappa shape index (κ2) is 5.31. The van der Waals surface area contributed by atoms with Crippen molar-refractivity contribution < 1.29 is 8.42 Å². The average Bonchev–Trinajstić information content (AvgIpc) is 2.86. The molecule has 0 aliphatic heterocycles. The van der Waals surface area contributed by atoms with E-state index in [1.807, 2.05) is 0 Å². The maximum absolute atomic E-state index is 12.6. The Hall–Kier alpha value is -0.780. The maximum Gasteiger partial charge on any atom is 0.243 e. The molecule has 0 aromatic heterocycles. The van der Waals surface area contributed by atoms with E-state index in [-0.39, 0.29) is 10.9 Å². The van der Waals surface area contributed by atoms with E-state index in [0.29, 0.717) is 16.3 Å². The molecule has 0 spiro atoms. The van der Waals surface area contributed by atoms with Crippen molar-refractivity contribution in [3.8, 4) is 0 Å². The molecule has 106 valence electrons. The summed E-state index contributed by atoms with van der Waals surface area (Å²) in [5.41, 5.74) is 6.65. The first-order valence-corrected chi connectivity index (χ1v) is 8.19. The van der Waals surface area contributed by atoms with E-state index in [1.165, 1.54) is 10.4 Å². The highest BCUT2D eigenvalue weighted by atomic mass is 35.5. The summed E-state index contributed by atoms with van der Waals surface area (Å²) in [7, 11) is -1.85. The van der Waals surface area contributed by atoms with E-state index in [4.69, 9.17) is 17.3 Å². The molecule has 6 heteroatoms. The van der Waals surface area contributed by atoms with Gasteiger partial charge in [0.15, 0.2) is 0 Å². The van der Waals surface area contributed by atoms with Crippen LogP contribution in [0.3, 0.4) is 0 Å². The smallest absolute Gasteiger partial charge is 0.243 e. The molecular formula is C13H19ClN2O2S. The third kappa shape index (κ3) is 2.73. The van der Waals surface area contributed by atoms with Crippen molar-refractivity contribution in [2.24, 2.45) is 0 Å². The number of halogens is 1. The van der Waals surface area contributed by atoms with E-state index in [1.54, 1.807) is 20.0 Å². The SMILES string of the molecule is Cc1cc(Cl)c(N)cc1S(=O)(=O)N(C)C1CCCC1. The highest BCUT2D eigenvalue weighted by molar-refractivity contribution is 7.89. The predicted molar refractivity (Wildman–Crippen MR) is 77.8 cm³/mol. The van der Waals surface area contributed by atoms with E-state index in [0.717, 1.165) is 25.7 Å². The second-order valence-electron chi connectivity index (χ2n) is 5.10. The number of sulfonamides is 1. The van der Waals surface area contributed by atoms with Crippen LogP contribution in [0.5, 0.6) is 0 Å². The molecule has 2 N–H and O–H groups in total. The standard InChI is InChI=1S/C13H19ClN2O2S/c1-9-7-11(14)12(15)8-13(9)19(17,18)16(2)10-5-3-4-6-10/h7-8,10H,3-6,15H2,1-2H3. The van der Waals surface area contributed by atoms with Gasteiger partial charge in [-0.3, -0.25) is 0 Å². The van der Waals surface area contributed by atoms with Gasteiger partial charge >= 0.3 is 0 Å². The largest absolute Gasteiger partial charge is 0.397 e. The molecule has 1 aromatic carbocycles. The highest BCUT2D eigenvalue weighted by Crippen LogP contribution is 2.31. The third-order valence-electron chi connectivity index (χ3n) is 3.79. The van der Waals surface area contributed by atoms with Crippen LogP contribution < -0.4 is 5.73 Å². The molecule has 0 unspecified atom stereocenters. The zero-order valence-electron chi connectivity index (χ0n) is 11.2. The first-order valence-electron chi connectivity index (χ1n) is 6.37. The van der Waals surface area contributed by atoms with E-state index in [2.05, 4.69) is 0 Å². The molecule has 1 saturated carbocycles. The van der Waals surface area contributed by atoms with Gasteiger partial charge in [-0.2, -0.15) is 4.31 Å². The van der Waals surface area contributed by atoms with Gasteiger partial charge in [-0.1, -0.05) is 24.4 Å². The molecule has 0 heterocycles. The van der Waals surface area contributed by atoms with Crippen LogP contribution >= 0.6 is 11.6 Å². The fourth-order valence-electron chi connectivity index (χ4n) is 2.57. The minimum atomic E-state index is -3.50. The number of aryl methyl sites for hydroxylation is 1. The summed E-state index contributed by atoms with van der Waals surface area (Å²) in [5, 5.41) is 0.389. The van der Waals surface area contributed by atoms with Gasteiger partial charge < -0.3 is 5.73 Å². The van der Waals surface area contributed by atoms with Gasteiger partial charge in [0, 0.05) is 13.1 Å². The van der Waals surface area contributed by atoms with Gasteiger partial charge in [-0.05, 0) is 37.5 Å². The van der Waals surface area contributed by atoms with Crippen LogP contribution in [0.15, 0.2) is 17.0 Å². The molecule has 19 heavy (non-hydrogen) atoms. The third-order valence-corrected chi connectivity index (χ3v) is 6.17. The van der Waals surface area contributed by atoms with Crippen molar-refractivity contribution in [2.45, 2.75) is 43.5 Å². The zero-order valence-corrected chi connectivity index (χ0v) is 12.8. The molecule has 0 bridgehead atoms. The van der Waals surface area contributed by atoms with Crippen LogP contribution in [0.25, 0.3) is 0 Å². The van der Waals surface area contributed by atoms with E-state index in [9.17, 15) is 8.42 Å². The van der Waals surface area contributed by atoms with Crippen molar-refractivity contribution >= 4 is 27.3 Å². The monoisotopic (exact) mass is 302 g/mol. The summed E-state index contributed by atoms with van der Waals surface area (Å²) in [5.74, 6) is 0. The van der Waals surface area contributed by atoms with Crippen molar-refractivity contribution in [3.63, 3.8) is 0 Å². The highest BCUT2D eigenvalue weighted by Gasteiger charge is 2.31. The number of rotatable bonds is 3. The fourth-order valence-corrected chi connectivity index (χ4v) is 4.44. The average molecular weight is 303 g/mol. The van der Waals surface area contributed by atoms with Gasteiger partial charge in [-0.15, -0.1) is 0 Å². The molecule has 1 aliphatic carbocycles. The Morgan fingerprint density at radius 1 is 1.32 bits per heavy atom. The predicted octanol–water partition coefficient (Wildman–Crippen LogP) is 2.79. The molecule has 4 nitrogen and oxygen atoms in total. The molecule has 0 radical (unpaired) electrons. The lowest BCUT2D eigenvalue weighted by molar-refractivity contribution is 0.373. The maximum atomic E-state index is 12.6. The van der Waals surface area contributed by atoms with Crippen LogP contribution in [0, 0.1) is 6.92 Å². The summed E-state index contributed by atoms with van der Waals surface area (Å²) >= 11 is 5.91. The topological polar surface area (TPSA) is 63.4 Å². The number of nitrogen functional groups attached to an aromatic ring is 1. The van der Waals surface area contributed by atoms with Crippen LogP contribution in [-0.4, -0.2) is 25.8 Å². The molecule has 2 rings (SSSR count). The Morgan fingerprint density at radius 3 is 2.47 bits per heavy atom. The van der Waals surface area contributed by atoms with E-state index >= 15 is 0 Å². The zero-order chi connectivity index (χ0) is 14.2. The van der Waals surface area contributed by atoms with Gasteiger partial charge in [0.05, 0.1) is 15.6 Å². The van der Waals surface area contributed by atoms with Crippen molar-refractivity contribution in [2.75, 3.05) is 12.8 Å². The van der Waals surface area contributed by atoms with Crippen molar-refractivity contribution in [3.05, 3.63) is 22.7 Å². The summed E-state index contributed by atoms with van der Waals surface area (Å²) < 4.78 is 26.7. The lowest BCUT2D eigenvalue weighted by atomic mass is 10.2. The van der Waals surface area contributed by atoms with Crippen LogP contribution in [-0.2, 0) is 10.0 Å². The van der Waals surface area contributed by atoms with Gasteiger partial charge in [-0.25, -0.2) is 8.42 Å². The molecule has 1 aromatic rings. The number of benzene rings is 1. The number of nitrogens with two attached hydrogens (primary N) is 1. The minimum absolute atomic E-state index is 0.0984. The molecule has 0 amide bonds. The van der Waals surface area contributed by atoms with Crippen molar-refractivity contribution in [1.29, 1.82) is 0 Å². The first kappa shape index (κ1) is 14.6. The summed E-state index contributed by atoms with van der Waals surface area (Å²) in [6.07, 6.45) is 4.04.